The van der Waals surface area contributed by atoms with E-state index in [0.717, 1.165) is 10.7 Å². The van der Waals surface area contributed by atoms with E-state index in [1.807, 2.05) is 19.2 Å². The molecular weight excluding hydrogens is 156 g/mol. The smallest absolute Gasteiger partial charge is 0.114 e. The molecule has 1 aromatic heterocycles. The number of hydrogen-bond donors (Lipinski definition) is 0. The van der Waals surface area contributed by atoms with E-state index in [1.54, 1.807) is 6.07 Å². The highest BCUT2D eigenvalue weighted by Gasteiger charge is 2.00. The highest BCUT2D eigenvalue weighted by molar-refractivity contribution is 7.98. The maximum Gasteiger partial charge on any atom is 0.114 e. The van der Waals surface area contributed by atoms with Gasteiger partial charge in [-0.3, -0.25) is 0 Å². The monoisotopic (exact) mass is 164 g/mol. The van der Waals surface area contributed by atoms with Gasteiger partial charge in [-0.15, -0.1) is 11.8 Å². The van der Waals surface area contributed by atoms with Gasteiger partial charge >= 0.3 is 0 Å². The summed E-state index contributed by atoms with van der Waals surface area (Å²) in [5, 5.41) is 9.45. The van der Waals surface area contributed by atoms with Crippen LogP contribution >= 0.6 is 11.8 Å². The van der Waals surface area contributed by atoms with E-state index >= 15 is 0 Å². The first-order valence-corrected chi connectivity index (χ1v) is 4.42. The van der Waals surface area contributed by atoms with Crippen molar-refractivity contribution in [1.82, 2.24) is 4.98 Å². The molecule has 1 heterocycles. The van der Waals surface area contributed by atoms with Crippen LogP contribution in [0.2, 0.25) is 0 Å². The highest BCUT2D eigenvalue weighted by atomic mass is 32.2. The van der Waals surface area contributed by atoms with E-state index in [0.29, 0.717) is 5.56 Å². The Labute approximate surface area is 70.3 Å². The lowest BCUT2D eigenvalue weighted by Crippen LogP contribution is -1.87. The maximum absolute atomic E-state index is 8.64. The largest absolute Gasteiger partial charge is 0.245 e. The average molecular weight is 164 g/mol. The van der Waals surface area contributed by atoms with Gasteiger partial charge in [-0.1, -0.05) is 0 Å². The van der Waals surface area contributed by atoms with Gasteiger partial charge < -0.3 is 0 Å². The third-order valence-electron chi connectivity index (χ3n) is 1.31. The number of nitrogens with zero attached hydrogens (tertiary/aromatic N) is 2. The number of rotatable bonds is 1. The van der Waals surface area contributed by atoms with Gasteiger partial charge in [0.05, 0.1) is 5.56 Å². The van der Waals surface area contributed by atoms with Crippen molar-refractivity contribution in [3.8, 4) is 6.07 Å². The van der Waals surface area contributed by atoms with Crippen LogP contribution in [0, 0.1) is 18.3 Å². The molecule has 0 aliphatic rings. The lowest BCUT2D eigenvalue weighted by Gasteiger charge is -1.98. The molecule has 0 N–H and O–H groups in total. The molecule has 0 aromatic carbocycles. The Hall–Kier alpha value is -1.01. The minimum atomic E-state index is 0.656. The zero-order chi connectivity index (χ0) is 8.27. The van der Waals surface area contributed by atoms with Crippen LogP contribution in [-0.4, -0.2) is 11.2 Å². The molecule has 1 rings (SSSR count). The molecule has 0 bridgehead atoms. The second-order valence-electron chi connectivity index (χ2n) is 2.12. The zero-order valence-electron chi connectivity index (χ0n) is 6.46. The Morgan fingerprint density at radius 1 is 1.55 bits per heavy atom. The summed E-state index contributed by atoms with van der Waals surface area (Å²) in [5.74, 6) is 0. The summed E-state index contributed by atoms with van der Waals surface area (Å²) in [6.07, 6.45) is 1.92. The summed E-state index contributed by atoms with van der Waals surface area (Å²) < 4.78 is 0. The van der Waals surface area contributed by atoms with E-state index in [9.17, 15) is 0 Å². The second kappa shape index (κ2) is 3.40. The van der Waals surface area contributed by atoms with Crippen LogP contribution in [0.5, 0.6) is 0 Å². The van der Waals surface area contributed by atoms with Gasteiger partial charge in [0.15, 0.2) is 0 Å². The van der Waals surface area contributed by atoms with E-state index in [1.165, 1.54) is 11.8 Å². The second-order valence-corrected chi connectivity index (χ2v) is 2.92. The Kier molecular flexibility index (Phi) is 2.50. The minimum absolute atomic E-state index is 0.656. The molecule has 56 valence electrons. The first-order valence-electron chi connectivity index (χ1n) is 3.19. The molecule has 0 radical (unpaired) electrons. The molecule has 0 unspecified atom stereocenters. The van der Waals surface area contributed by atoms with E-state index in [2.05, 4.69) is 11.1 Å². The predicted octanol–water partition coefficient (Wildman–Crippen LogP) is 1.98. The van der Waals surface area contributed by atoms with Gasteiger partial charge in [0.2, 0.25) is 0 Å². The molecule has 0 fully saturated rings. The van der Waals surface area contributed by atoms with Crippen LogP contribution < -0.4 is 0 Å². The molecular formula is C8H8N2S. The van der Waals surface area contributed by atoms with E-state index in [4.69, 9.17) is 5.26 Å². The highest BCUT2D eigenvalue weighted by Crippen LogP contribution is 2.16. The molecule has 0 spiro atoms. The fourth-order valence-electron chi connectivity index (χ4n) is 0.774. The summed E-state index contributed by atoms with van der Waals surface area (Å²) in [7, 11) is 0. The lowest BCUT2D eigenvalue weighted by molar-refractivity contribution is 1.05. The Morgan fingerprint density at radius 3 is 2.82 bits per heavy atom. The minimum Gasteiger partial charge on any atom is -0.245 e. The van der Waals surface area contributed by atoms with Crippen LogP contribution in [-0.2, 0) is 0 Å². The number of thioether (sulfide) groups is 1. The topological polar surface area (TPSA) is 36.7 Å². The summed E-state index contributed by atoms with van der Waals surface area (Å²) in [4.78, 5) is 4.20. The van der Waals surface area contributed by atoms with Crippen molar-refractivity contribution < 1.29 is 0 Å². The van der Waals surface area contributed by atoms with Crippen LogP contribution in [0.25, 0.3) is 0 Å². The quantitative estimate of drug-likeness (QED) is 0.595. The SMILES string of the molecule is CSc1nc(C)ccc1C#N. The summed E-state index contributed by atoms with van der Waals surface area (Å²) in [6, 6.07) is 5.74. The summed E-state index contributed by atoms with van der Waals surface area (Å²) in [5.41, 5.74) is 1.61. The molecule has 0 saturated carbocycles. The molecule has 0 aliphatic heterocycles. The standard InChI is InChI=1S/C8H8N2S/c1-6-3-4-7(5-9)8(10-6)11-2/h3-4H,1-2H3. The fourth-order valence-corrected chi connectivity index (χ4v) is 1.34. The normalized spacial score (nSPS) is 9.18. The molecule has 0 amide bonds. The first kappa shape index (κ1) is 8.09. The van der Waals surface area contributed by atoms with Crippen LogP contribution in [0.3, 0.4) is 0 Å². The van der Waals surface area contributed by atoms with Gasteiger partial charge in [-0.05, 0) is 25.3 Å². The third kappa shape index (κ3) is 1.72. The number of aryl methyl sites for hydroxylation is 1. The van der Waals surface area contributed by atoms with Crippen molar-refractivity contribution in [3.63, 3.8) is 0 Å². The molecule has 0 saturated heterocycles. The van der Waals surface area contributed by atoms with Gasteiger partial charge in [-0.25, -0.2) is 4.98 Å². The molecule has 3 heteroatoms. The average Bonchev–Trinajstić information content (AvgIpc) is 2.04. The van der Waals surface area contributed by atoms with Crippen molar-refractivity contribution in [2.75, 3.05) is 6.26 Å². The van der Waals surface area contributed by atoms with Crippen LogP contribution in [0.4, 0.5) is 0 Å². The summed E-state index contributed by atoms with van der Waals surface area (Å²) in [6.45, 7) is 1.92. The van der Waals surface area contributed by atoms with Gasteiger partial charge in [0.25, 0.3) is 0 Å². The van der Waals surface area contributed by atoms with E-state index < -0.39 is 0 Å². The van der Waals surface area contributed by atoms with Gasteiger partial charge in [0.1, 0.15) is 11.1 Å². The summed E-state index contributed by atoms with van der Waals surface area (Å²) >= 11 is 1.50. The molecule has 11 heavy (non-hydrogen) atoms. The molecule has 1 aromatic rings. The number of aromatic nitrogens is 1. The Bertz CT molecular complexity index is 301. The van der Waals surface area contributed by atoms with Crippen LogP contribution in [0.15, 0.2) is 17.2 Å². The number of hydrogen-bond acceptors (Lipinski definition) is 3. The fraction of sp³-hybridized carbons (Fsp3) is 0.250. The zero-order valence-corrected chi connectivity index (χ0v) is 7.27. The Balaban J connectivity index is 3.19. The maximum atomic E-state index is 8.64. The third-order valence-corrected chi connectivity index (χ3v) is 2.01. The van der Waals surface area contributed by atoms with Crippen molar-refractivity contribution in [1.29, 1.82) is 5.26 Å². The van der Waals surface area contributed by atoms with Crippen molar-refractivity contribution >= 4 is 11.8 Å². The Morgan fingerprint density at radius 2 is 2.27 bits per heavy atom. The predicted molar refractivity (Wildman–Crippen MR) is 45.5 cm³/mol. The first-order chi connectivity index (χ1) is 5.27. The van der Waals surface area contributed by atoms with Gasteiger partial charge in [0, 0.05) is 5.69 Å². The van der Waals surface area contributed by atoms with Crippen LogP contribution in [0.1, 0.15) is 11.3 Å². The van der Waals surface area contributed by atoms with E-state index in [-0.39, 0.29) is 0 Å². The van der Waals surface area contributed by atoms with Gasteiger partial charge in [-0.2, -0.15) is 5.26 Å². The van der Waals surface area contributed by atoms with Crippen molar-refractivity contribution in [3.05, 3.63) is 23.4 Å². The molecule has 0 aliphatic carbocycles. The number of nitriles is 1. The van der Waals surface area contributed by atoms with Crippen molar-refractivity contribution in [2.45, 2.75) is 11.9 Å². The lowest BCUT2D eigenvalue weighted by atomic mass is 10.3. The molecule has 0 atom stereocenters. The van der Waals surface area contributed by atoms with Crippen molar-refractivity contribution in [2.24, 2.45) is 0 Å². The molecule has 2 nitrogen and oxygen atoms in total. The number of pyridine rings is 1.